The Labute approximate surface area is 98.6 Å². The standard InChI is InChI=1S/C11H16INO/c1-2-11(6-3-7-11)13-8-9-4-5-10(12)14-9/h4-5,13H,2-3,6-8H2,1H3. The molecule has 1 N–H and O–H groups in total. The van der Waals surface area contributed by atoms with Crippen LogP contribution in [-0.4, -0.2) is 5.54 Å². The first-order valence-corrected chi connectivity index (χ1v) is 6.31. The first-order valence-electron chi connectivity index (χ1n) is 5.23. The summed E-state index contributed by atoms with van der Waals surface area (Å²) in [5, 5.41) is 3.61. The Morgan fingerprint density at radius 1 is 1.50 bits per heavy atom. The predicted octanol–water partition coefficient (Wildman–Crippen LogP) is 3.31. The van der Waals surface area contributed by atoms with Crippen LogP contribution < -0.4 is 5.32 Å². The van der Waals surface area contributed by atoms with Gasteiger partial charge in [-0.2, -0.15) is 0 Å². The van der Waals surface area contributed by atoms with Crippen molar-refractivity contribution >= 4 is 22.6 Å². The Kier molecular flexibility index (Phi) is 3.17. The molecule has 0 bridgehead atoms. The van der Waals surface area contributed by atoms with Crippen LogP contribution in [0, 0.1) is 3.77 Å². The Balaban J connectivity index is 1.87. The fourth-order valence-electron chi connectivity index (χ4n) is 1.98. The maximum absolute atomic E-state index is 5.52. The van der Waals surface area contributed by atoms with Crippen LogP contribution in [0.15, 0.2) is 16.5 Å². The van der Waals surface area contributed by atoms with Crippen LogP contribution >= 0.6 is 22.6 Å². The summed E-state index contributed by atoms with van der Waals surface area (Å²) in [5.74, 6) is 1.05. The van der Waals surface area contributed by atoms with E-state index in [1.807, 2.05) is 6.07 Å². The van der Waals surface area contributed by atoms with E-state index in [1.165, 1.54) is 25.7 Å². The van der Waals surface area contributed by atoms with Gasteiger partial charge in [0.25, 0.3) is 0 Å². The summed E-state index contributed by atoms with van der Waals surface area (Å²) in [6.45, 7) is 3.13. The molecule has 2 nitrogen and oxygen atoms in total. The van der Waals surface area contributed by atoms with Crippen LogP contribution in [0.5, 0.6) is 0 Å². The maximum atomic E-state index is 5.52. The van der Waals surface area contributed by atoms with Crippen LogP contribution in [0.25, 0.3) is 0 Å². The van der Waals surface area contributed by atoms with E-state index in [-0.39, 0.29) is 0 Å². The van der Waals surface area contributed by atoms with E-state index in [0.29, 0.717) is 5.54 Å². The molecule has 0 amide bonds. The van der Waals surface area contributed by atoms with Crippen molar-refractivity contribution < 1.29 is 4.42 Å². The molecule has 0 saturated heterocycles. The van der Waals surface area contributed by atoms with Gasteiger partial charge in [0.15, 0.2) is 3.77 Å². The van der Waals surface area contributed by atoms with Gasteiger partial charge in [-0.25, -0.2) is 0 Å². The lowest BCUT2D eigenvalue weighted by molar-refractivity contribution is 0.170. The number of hydrogen-bond acceptors (Lipinski definition) is 2. The van der Waals surface area contributed by atoms with E-state index in [9.17, 15) is 0 Å². The number of hydrogen-bond donors (Lipinski definition) is 1. The van der Waals surface area contributed by atoms with Crippen LogP contribution in [0.2, 0.25) is 0 Å². The molecule has 1 heterocycles. The number of rotatable bonds is 4. The average molecular weight is 305 g/mol. The van der Waals surface area contributed by atoms with Crippen molar-refractivity contribution in [2.75, 3.05) is 0 Å². The molecule has 0 atom stereocenters. The Hall–Kier alpha value is -0.0300. The van der Waals surface area contributed by atoms with Gasteiger partial charge in [0.05, 0.1) is 6.54 Å². The molecule has 2 rings (SSSR count). The summed E-state index contributed by atoms with van der Waals surface area (Å²) in [7, 11) is 0. The van der Waals surface area contributed by atoms with E-state index in [4.69, 9.17) is 4.42 Å². The number of furan rings is 1. The second kappa shape index (κ2) is 4.23. The molecular weight excluding hydrogens is 289 g/mol. The van der Waals surface area contributed by atoms with Crippen molar-refractivity contribution in [2.24, 2.45) is 0 Å². The lowest BCUT2D eigenvalue weighted by Gasteiger charge is -2.42. The quantitative estimate of drug-likeness (QED) is 0.863. The molecular formula is C11H16INO. The molecule has 1 saturated carbocycles. The lowest BCUT2D eigenvalue weighted by atomic mass is 9.75. The summed E-state index contributed by atoms with van der Waals surface area (Å²) < 4.78 is 6.49. The van der Waals surface area contributed by atoms with Crippen LogP contribution in [0.4, 0.5) is 0 Å². The SMILES string of the molecule is CCC1(NCc2ccc(I)o2)CCC1. The van der Waals surface area contributed by atoms with Crippen LogP contribution in [-0.2, 0) is 6.54 Å². The molecule has 1 aliphatic carbocycles. The summed E-state index contributed by atoms with van der Waals surface area (Å²) in [6.07, 6.45) is 5.24. The fourth-order valence-corrected chi connectivity index (χ4v) is 2.44. The minimum absolute atomic E-state index is 0.415. The second-order valence-electron chi connectivity index (χ2n) is 4.05. The van der Waals surface area contributed by atoms with Crippen molar-refractivity contribution in [1.82, 2.24) is 5.32 Å². The third-order valence-electron chi connectivity index (χ3n) is 3.25. The lowest BCUT2D eigenvalue weighted by Crippen LogP contribution is -2.49. The van der Waals surface area contributed by atoms with E-state index >= 15 is 0 Å². The molecule has 0 unspecified atom stereocenters. The molecule has 78 valence electrons. The van der Waals surface area contributed by atoms with Gasteiger partial charge in [-0.1, -0.05) is 6.92 Å². The largest absolute Gasteiger partial charge is 0.454 e. The van der Waals surface area contributed by atoms with Gasteiger partial charge < -0.3 is 9.73 Å². The normalized spacial score (nSPS) is 19.3. The first kappa shape index (κ1) is 10.5. The molecule has 1 fully saturated rings. The molecule has 0 aromatic carbocycles. The van der Waals surface area contributed by atoms with Gasteiger partial charge in [0, 0.05) is 5.54 Å². The van der Waals surface area contributed by atoms with Crippen LogP contribution in [0.3, 0.4) is 0 Å². The second-order valence-corrected chi connectivity index (χ2v) is 5.11. The highest BCUT2D eigenvalue weighted by Crippen LogP contribution is 2.34. The summed E-state index contributed by atoms with van der Waals surface area (Å²) in [5.41, 5.74) is 0.415. The molecule has 1 aromatic rings. The Morgan fingerprint density at radius 2 is 2.29 bits per heavy atom. The Morgan fingerprint density at radius 3 is 2.71 bits per heavy atom. The van der Waals surface area contributed by atoms with Crippen molar-refractivity contribution in [1.29, 1.82) is 0 Å². The smallest absolute Gasteiger partial charge is 0.164 e. The zero-order valence-corrected chi connectivity index (χ0v) is 10.6. The predicted molar refractivity (Wildman–Crippen MR) is 65.1 cm³/mol. The van der Waals surface area contributed by atoms with E-state index in [1.54, 1.807) is 0 Å². The number of nitrogens with one attached hydrogen (secondary N) is 1. The van der Waals surface area contributed by atoms with Crippen molar-refractivity contribution in [3.05, 3.63) is 21.7 Å². The molecule has 14 heavy (non-hydrogen) atoms. The van der Waals surface area contributed by atoms with E-state index < -0.39 is 0 Å². The minimum atomic E-state index is 0.415. The average Bonchev–Trinajstić information content (AvgIpc) is 2.50. The highest BCUT2D eigenvalue weighted by Gasteiger charge is 2.34. The van der Waals surface area contributed by atoms with Crippen molar-refractivity contribution in [3.8, 4) is 0 Å². The molecule has 0 spiro atoms. The van der Waals surface area contributed by atoms with Crippen molar-refractivity contribution in [2.45, 2.75) is 44.7 Å². The third-order valence-corrected chi connectivity index (χ3v) is 3.83. The summed E-state index contributed by atoms with van der Waals surface area (Å²) in [6, 6.07) is 4.06. The molecule has 1 aromatic heterocycles. The highest BCUT2D eigenvalue weighted by atomic mass is 127. The van der Waals surface area contributed by atoms with Gasteiger partial charge in [-0.3, -0.25) is 0 Å². The van der Waals surface area contributed by atoms with Gasteiger partial charge in [-0.15, -0.1) is 0 Å². The zero-order chi connectivity index (χ0) is 10.0. The van der Waals surface area contributed by atoms with E-state index in [0.717, 1.165) is 16.1 Å². The number of halogens is 1. The van der Waals surface area contributed by atoms with Crippen LogP contribution in [0.1, 0.15) is 38.4 Å². The maximum Gasteiger partial charge on any atom is 0.164 e. The third kappa shape index (κ3) is 2.14. The highest BCUT2D eigenvalue weighted by molar-refractivity contribution is 14.1. The van der Waals surface area contributed by atoms with Gasteiger partial charge in [0.1, 0.15) is 5.76 Å². The summed E-state index contributed by atoms with van der Waals surface area (Å²) in [4.78, 5) is 0. The summed E-state index contributed by atoms with van der Waals surface area (Å²) >= 11 is 2.20. The first-order chi connectivity index (χ1) is 6.74. The van der Waals surface area contributed by atoms with Gasteiger partial charge in [0.2, 0.25) is 0 Å². The minimum Gasteiger partial charge on any atom is -0.454 e. The van der Waals surface area contributed by atoms with E-state index in [2.05, 4.69) is 40.9 Å². The monoisotopic (exact) mass is 305 g/mol. The zero-order valence-electron chi connectivity index (χ0n) is 8.48. The molecule has 0 aliphatic heterocycles. The topological polar surface area (TPSA) is 25.2 Å². The molecule has 0 radical (unpaired) electrons. The fraction of sp³-hybridized carbons (Fsp3) is 0.636. The van der Waals surface area contributed by atoms with Gasteiger partial charge in [-0.05, 0) is 60.4 Å². The van der Waals surface area contributed by atoms with Crippen molar-refractivity contribution in [3.63, 3.8) is 0 Å². The van der Waals surface area contributed by atoms with Gasteiger partial charge >= 0.3 is 0 Å². The Bertz CT molecular complexity index is 298. The molecule has 3 heteroatoms. The molecule has 1 aliphatic rings.